The van der Waals surface area contributed by atoms with Crippen molar-refractivity contribution in [1.29, 1.82) is 0 Å². The van der Waals surface area contributed by atoms with Crippen LogP contribution in [0.2, 0.25) is 0 Å². The number of ketones is 1. The van der Waals surface area contributed by atoms with E-state index in [1.54, 1.807) is 33.3 Å². The van der Waals surface area contributed by atoms with E-state index < -0.39 is 0 Å². The van der Waals surface area contributed by atoms with Gasteiger partial charge in [-0.15, -0.1) is 0 Å². The van der Waals surface area contributed by atoms with Crippen molar-refractivity contribution in [1.82, 2.24) is 0 Å². The number of methoxy groups -OCH3 is 3. The van der Waals surface area contributed by atoms with E-state index in [-0.39, 0.29) is 5.78 Å². The molecule has 1 rings (SSSR count). The number of rotatable bonds is 5. The molecule has 0 fully saturated rings. The molecule has 0 heterocycles. The molecule has 0 radical (unpaired) electrons. The minimum Gasteiger partial charge on any atom is -0.496 e. The van der Waals surface area contributed by atoms with Crippen molar-refractivity contribution >= 4 is 5.78 Å². The fraction of sp³-hybridized carbons (Fsp3) is 0.400. The summed E-state index contributed by atoms with van der Waals surface area (Å²) in [6, 6.07) is 1.65. The Kier molecular flexibility index (Phi) is 4.98. The van der Waals surface area contributed by atoms with E-state index in [4.69, 9.17) is 14.2 Å². The van der Waals surface area contributed by atoms with Crippen LogP contribution in [-0.2, 0) is 0 Å². The van der Waals surface area contributed by atoms with Crippen LogP contribution < -0.4 is 14.2 Å². The highest BCUT2D eigenvalue weighted by Gasteiger charge is 2.22. The number of hydrogen-bond acceptors (Lipinski definition) is 4. The van der Waals surface area contributed by atoms with Gasteiger partial charge in [0.15, 0.2) is 17.3 Å². The lowest BCUT2D eigenvalue weighted by Gasteiger charge is -2.17. The fourth-order valence-electron chi connectivity index (χ4n) is 1.93. The van der Waals surface area contributed by atoms with Crippen LogP contribution in [0, 0.1) is 6.92 Å². The highest BCUT2D eigenvalue weighted by molar-refractivity contribution is 6.10. The number of ether oxygens (including phenoxy) is 3. The zero-order valence-corrected chi connectivity index (χ0v) is 12.3. The summed E-state index contributed by atoms with van der Waals surface area (Å²) in [6.07, 6.45) is 1.77. The number of hydrogen-bond donors (Lipinski definition) is 0. The molecule has 0 saturated heterocycles. The molecule has 104 valence electrons. The maximum atomic E-state index is 12.3. The molecule has 0 aliphatic rings. The predicted octanol–water partition coefficient (Wildman–Crippen LogP) is 3.17. The number of benzene rings is 1. The SMILES string of the molecule is C/C=C(\C)C(=O)c1cc(OC)c(OC)c(C)c1OC. The summed E-state index contributed by atoms with van der Waals surface area (Å²) in [6.45, 7) is 5.43. The molecule has 0 amide bonds. The largest absolute Gasteiger partial charge is 0.496 e. The second-order valence-corrected chi connectivity index (χ2v) is 4.12. The predicted molar refractivity (Wildman–Crippen MR) is 74.6 cm³/mol. The monoisotopic (exact) mass is 264 g/mol. The Morgan fingerprint density at radius 1 is 1.11 bits per heavy atom. The van der Waals surface area contributed by atoms with Crippen molar-refractivity contribution in [3.63, 3.8) is 0 Å². The zero-order valence-electron chi connectivity index (χ0n) is 12.3. The van der Waals surface area contributed by atoms with Crippen LogP contribution in [0.4, 0.5) is 0 Å². The molecule has 0 bridgehead atoms. The smallest absolute Gasteiger partial charge is 0.192 e. The summed E-state index contributed by atoms with van der Waals surface area (Å²) in [5.74, 6) is 1.54. The van der Waals surface area contributed by atoms with Crippen molar-refractivity contribution in [2.45, 2.75) is 20.8 Å². The van der Waals surface area contributed by atoms with Gasteiger partial charge in [0.05, 0.1) is 26.9 Å². The van der Waals surface area contributed by atoms with Crippen LogP contribution in [0.5, 0.6) is 17.2 Å². The van der Waals surface area contributed by atoms with Gasteiger partial charge in [-0.2, -0.15) is 0 Å². The van der Waals surface area contributed by atoms with Crippen LogP contribution in [0.15, 0.2) is 17.7 Å². The highest BCUT2D eigenvalue weighted by Crippen LogP contribution is 2.40. The molecule has 0 N–H and O–H groups in total. The summed E-state index contributed by atoms with van der Waals surface area (Å²) in [4.78, 5) is 12.3. The van der Waals surface area contributed by atoms with E-state index in [0.29, 0.717) is 28.4 Å². The fourth-order valence-corrected chi connectivity index (χ4v) is 1.93. The normalized spacial score (nSPS) is 11.2. The third-order valence-corrected chi connectivity index (χ3v) is 3.09. The summed E-state index contributed by atoms with van der Waals surface area (Å²) in [5, 5.41) is 0. The Morgan fingerprint density at radius 3 is 2.11 bits per heavy atom. The van der Waals surface area contributed by atoms with Gasteiger partial charge < -0.3 is 14.2 Å². The molecule has 0 spiro atoms. The van der Waals surface area contributed by atoms with Gasteiger partial charge in [-0.25, -0.2) is 0 Å². The molecule has 19 heavy (non-hydrogen) atoms. The van der Waals surface area contributed by atoms with Crippen molar-refractivity contribution in [2.75, 3.05) is 21.3 Å². The molecule has 0 aliphatic carbocycles. The van der Waals surface area contributed by atoms with E-state index in [1.165, 1.54) is 7.11 Å². The van der Waals surface area contributed by atoms with Crippen molar-refractivity contribution < 1.29 is 19.0 Å². The Labute approximate surface area is 114 Å². The first kappa shape index (κ1) is 15.1. The number of carbonyl (C=O) groups is 1. The molecule has 0 aliphatic heterocycles. The molecule has 0 atom stereocenters. The van der Waals surface area contributed by atoms with Gasteiger partial charge in [0.25, 0.3) is 0 Å². The van der Waals surface area contributed by atoms with Crippen LogP contribution in [0.3, 0.4) is 0 Å². The van der Waals surface area contributed by atoms with Gasteiger partial charge in [-0.1, -0.05) is 6.08 Å². The summed E-state index contributed by atoms with van der Waals surface area (Å²) < 4.78 is 15.9. The van der Waals surface area contributed by atoms with Crippen molar-refractivity contribution in [2.24, 2.45) is 0 Å². The topological polar surface area (TPSA) is 44.8 Å². The highest BCUT2D eigenvalue weighted by atomic mass is 16.5. The number of allylic oxidation sites excluding steroid dienone is 2. The Hall–Kier alpha value is -1.97. The Morgan fingerprint density at radius 2 is 1.68 bits per heavy atom. The lowest BCUT2D eigenvalue weighted by atomic mass is 9.99. The molecule has 1 aromatic carbocycles. The van der Waals surface area contributed by atoms with Gasteiger partial charge in [-0.05, 0) is 32.4 Å². The molecule has 0 unspecified atom stereocenters. The lowest BCUT2D eigenvalue weighted by Crippen LogP contribution is -2.07. The van der Waals surface area contributed by atoms with Gasteiger partial charge in [-0.3, -0.25) is 4.79 Å². The van der Waals surface area contributed by atoms with Crippen LogP contribution in [0.25, 0.3) is 0 Å². The van der Waals surface area contributed by atoms with E-state index >= 15 is 0 Å². The number of carbonyl (C=O) groups excluding carboxylic acids is 1. The summed E-state index contributed by atoms with van der Waals surface area (Å²) >= 11 is 0. The van der Waals surface area contributed by atoms with Crippen LogP contribution in [-0.4, -0.2) is 27.1 Å². The van der Waals surface area contributed by atoms with E-state index in [2.05, 4.69) is 0 Å². The van der Waals surface area contributed by atoms with Crippen LogP contribution >= 0.6 is 0 Å². The molecule has 0 saturated carbocycles. The molecule has 4 nitrogen and oxygen atoms in total. The average Bonchev–Trinajstić information content (AvgIpc) is 2.44. The van der Waals surface area contributed by atoms with Crippen molar-refractivity contribution in [3.05, 3.63) is 28.8 Å². The minimum absolute atomic E-state index is 0.0802. The Bertz CT molecular complexity index is 515. The third kappa shape index (κ3) is 2.72. The van der Waals surface area contributed by atoms with Gasteiger partial charge in [0.1, 0.15) is 5.75 Å². The van der Waals surface area contributed by atoms with E-state index in [1.807, 2.05) is 13.8 Å². The van der Waals surface area contributed by atoms with E-state index in [0.717, 1.165) is 5.56 Å². The first-order chi connectivity index (χ1) is 9.01. The average molecular weight is 264 g/mol. The second-order valence-electron chi connectivity index (χ2n) is 4.12. The molecular weight excluding hydrogens is 244 g/mol. The van der Waals surface area contributed by atoms with Gasteiger partial charge in [0, 0.05) is 5.56 Å². The standard InChI is InChI=1S/C15H20O4/c1-7-9(2)13(16)11-8-12(17-4)15(19-6)10(3)14(11)18-5/h7-8H,1-6H3/b9-7+. The first-order valence-electron chi connectivity index (χ1n) is 5.98. The molecule has 0 aromatic heterocycles. The molecular formula is C15H20O4. The maximum Gasteiger partial charge on any atom is 0.192 e. The van der Waals surface area contributed by atoms with Crippen LogP contribution in [0.1, 0.15) is 29.8 Å². The lowest BCUT2D eigenvalue weighted by molar-refractivity contribution is 0.103. The van der Waals surface area contributed by atoms with Gasteiger partial charge in [0.2, 0.25) is 0 Å². The second kappa shape index (κ2) is 6.27. The third-order valence-electron chi connectivity index (χ3n) is 3.09. The quantitative estimate of drug-likeness (QED) is 0.605. The summed E-state index contributed by atoms with van der Waals surface area (Å²) in [7, 11) is 4.64. The molecule has 4 heteroatoms. The zero-order chi connectivity index (χ0) is 14.6. The first-order valence-corrected chi connectivity index (χ1v) is 5.98. The van der Waals surface area contributed by atoms with Crippen molar-refractivity contribution in [3.8, 4) is 17.2 Å². The molecule has 1 aromatic rings. The van der Waals surface area contributed by atoms with Gasteiger partial charge >= 0.3 is 0 Å². The van der Waals surface area contributed by atoms with E-state index in [9.17, 15) is 4.79 Å². The maximum absolute atomic E-state index is 12.3. The Balaban J connectivity index is 3.56. The summed E-state index contributed by atoms with van der Waals surface area (Å²) in [5.41, 5.74) is 1.88. The number of Topliss-reactive ketones (excluding diaryl/α,β-unsaturated/α-hetero) is 1. The minimum atomic E-state index is -0.0802.